The van der Waals surface area contributed by atoms with Crippen LogP contribution >= 0.6 is 0 Å². The Bertz CT molecular complexity index is 261. The predicted octanol–water partition coefficient (Wildman–Crippen LogP) is 0.396. The standard InChI is InChI=1S/C10H14O4/c1-6-4-9-8(14-9)3-2-7(11)5-10(12)13-6/h2-3,6-9,11H,4-5H2,1H3. The van der Waals surface area contributed by atoms with Gasteiger partial charge in [-0.25, -0.2) is 0 Å². The van der Waals surface area contributed by atoms with E-state index in [1.54, 1.807) is 6.08 Å². The Morgan fingerprint density at radius 1 is 1.50 bits per heavy atom. The summed E-state index contributed by atoms with van der Waals surface area (Å²) in [6.07, 6.45) is 3.55. The van der Waals surface area contributed by atoms with Crippen molar-refractivity contribution in [1.29, 1.82) is 0 Å². The zero-order chi connectivity index (χ0) is 10.1. The van der Waals surface area contributed by atoms with Gasteiger partial charge in [0.25, 0.3) is 0 Å². The van der Waals surface area contributed by atoms with Gasteiger partial charge in [-0.15, -0.1) is 0 Å². The van der Waals surface area contributed by atoms with Crippen molar-refractivity contribution in [2.45, 2.75) is 44.2 Å². The van der Waals surface area contributed by atoms with Crippen molar-refractivity contribution >= 4 is 5.97 Å². The normalized spacial score (nSPS) is 42.6. The fourth-order valence-electron chi connectivity index (χ4n) is 1.64. The van der Waals surface area contributed by atoms with Gasteiger partial charge in [0.15, 0.2) is 0 Å². The number of ether oxygens (including phenoxy) is 2. The van der Waals surface area contributed by atoms with Crippen LogP contribution in [0.4, 0.5) is 0 Å². The topological polar surface area (TPSA) is 59.1 Å². The van der Waals surface area contributed by atoms with Crippen LogP contribution in [0.3, 0.4) is 0 Å². The number of epoxide rings is 1. The third-order valence-electron chi connectivity index (χ3n) is 2.42. The molecule has 4 atom stereocenters. The fraction of sp³-hybridized carbons (Fsp3) is 0.700. The third kappa shape index (κ3) is 2.33. The molecule has 0 amide bonds. The van der Waals surface area contributed by atoms with Gasteiger partial charge in [0.2, 0.25) is 0 Å². The Hall–Kier alpha value is -0.870. The van der Waals surface area contributed by atoms with E-state index >= 15 is 0 Å². The molecule has 0 radical (unpaired) electrons. The van der Waals surface area contributed by atoms with Gasteiger partial charge in [0.1, 0.15) is 12.2 Å². The molecule has 0 aliphatic carbocycles. The second kappa shape index (κ2) is 3.71. The molecule has 2 rings (SSSR count). The highest BCUT2D eigenvalue weighted by atomic mass is 16.6. The molecular weight excluding hydrogens is 184 g/mol. The van der Waals surface area contributed by atoms with Crippen molar-refractivity contribution in [2.24, 2.45) is 0 Å². The first kappa shape index (κ1) is 9.68. The Kier molecular flexibility index (Phi) is 2.56. The summed E-state index contributed by atoms with van der Waals surface area (Å²) in [7, 11) is 0. The molecule has 2 aliphatic heterocycles. The summed E-state index contributed by atoms with van der Waals surface area (Å²) in [5.74, 6) is -0.353. The Balaban J connectivity index is 2.02. The molecule has 1 N–H and O–H groups in total. The lowest BCUT2D eigenvalue weighted by atomic mass is 10.1. The Labute approximate surface area is 82.5 Å². The van der Waals surface area contributed by atoms with Gasteiger partial charge in [-0.05, 0) is 6.92 Å². The van der Waals surface area contributed by atoms with Crippen molar-refractivity contribution in [3.8, 4) is 0 Å². The first-order chi connectivity index (χ1) is 6.65. The molecule has 2 heterocycles. The third-order valence-corrected chi connectivity index (χ3v) is 2.42. The lowest BCUT2D eigenvalue weighted by Gasteiger charge is -2.13. The monoisotopic (exact) mass is 198 g/mol. The number of fused-ring (bicyclic) bond motifs is 1. The molecular formula is C10H14O4. The second-order valence-corrected chi connectivity index (χ2v) is 3.83. The SMILES string of the molecule is CC1CC2OC2C=CC(O)CC(=O)O1. The van der Waals surface area contributed by atoms with E-state index in [-0.39, 0.29) is 30.7 Å². The van der Waals surface area contributed by atoms with E-state index in [1.165, 1.54) is 0 Å². The summed E-state index contributed by atoms with van der Waals surface area (Å²) >= 11 is 0. The summed E-state index contributed by atoms with van der Waals surface area (Å²) in [5, 5.41) is 9.38. The number of hydrogen-bond donors (Lipinski definition) is 1. The number of esters is 1. The summed E-state index contributed by atoms with van der Waals surface area (Å²) in [6, 6.07) is 0. The van der Waals surface area contributed by atoms with Crippen LogP contribution in [0.25, 0.3) is 0 Å². The molecule has 1 saturated heterocycles. The number of cyclic esters (lactones) is 1. The van der Waals surface area contributed by atoms with Gasteiger partial charge in [-0.2, -0.15) is 0 Å². The van der Waals surface area contributed by atoms with Crippen LogP contribution in [-0.2, 0) is 14.3 Å². The van der Waals surface area contributed by atoms with Gasteiger partial charge in [0.05, 0.1) is 18.6 Å². The molecule has 0 saturated carbocycles. The maximum atomic E-state index is 11.2. The van der Waals surface area contributed by atoms with E-state index in [0.29, 0.717) is 0 Å². The average molecular weight is 198 g/mol. The predicted molar refractivity (Wildman–Crippen MR) is 48.6 cm³/mol. The lowest BCUT2D eigenvalue weighted by Crippen LogP contribution is -2.21. The first-order valence-electron chi connectivity index (χ1n) is 4.86. The largest absolute Gasteiger partial charge is 0.462 e. The van der Waals surface area contributed by atoms with E-state index in [1.807, 2.05) is 13.0 Å². The molecule has 0 bridgehead atoms. The van der Waals surface area contributed by atoms with Crippen LogP contribution in [0.5, 0.6) is 0 Å². The Morgan fingerprint density at radius 2 is 2.29 bits per heavy atom. The highest BCUT2D eigenvalue weighted by molar-refractivity contribution is 5.70. The van der Waals surface area contributed by atoms with Gasteiger partial charge >= 0.3 is 5.97 Å². The molecule has 4 unspecified atom stereocenters. The minimum atomic E-state index is -0.752. The lowest BCUT2D eigenvalue weighted by molar-refractivity contribution is -0.150. The van der Waals surface area contributed by atoms with Crippen molar-refractivity contribution < 1.29 is 19.4 Å². The molecule has 4 nitrogen and oxygen atoms in total. The van der Waals surface area contributed by atoms with Gasteiger partial charge < -0.3 is 14.6 Å². The van der Waals surface area contributed by atoms with Crippen molar-refractivity contribution in [1.82, 2.24) is 0 Å². The Morgan fingerprint density at radius 3 is 3.07 bits per heavy atom. The fourth-order valence-corrected chi connectivity index (χ4v) is 1.64. The summed E-state index contributed by atoms with van der Waals surface area (Å²) in [4.78, 5) is 11.2. The molecule has 0 aromatic carbocycles. The molecule has 2 aliphatic rings. The van der Waals surface area contributed by atoms with Crippen molar-refractivity contribution in [3.63, 3.8) is 0 Å². The molecule has 1 fully saturated rings. The maximum absolute atomic E-state index is 11.2. The number of carbonyl (C=O) groups excluding carboxylic acids is 1. The number of aliphatic hydroxyl groups is 1. The molecule has 4 heteroatoms. The minimum absolute atomic E-state index is 0.0260. The van der Waals surface area contributed by atoms with E-state index < -0.39 is 6.10 Å². The van der Waals surface area contributed by atoms with Crippen LogP contribution < -0.4 is 0 Å². The molecule has 0 aromatic heterocycles. The average Bonchev–Trinajstić information content (AvgIpc) is 2.78. The van der Waals surface area contributed by atoms with E-state index in [9.17, 15) is 9.90 Å². The van der Waals surface area contributed by atoms with Crippen LogP contribution in [0, 0.1) is 0 Å². The van der Waals surface area contributed by atoms with E-state index in [2.05, 4.69) is 0 Å². The maximum Gasteiger partial charge on any atom is 0.309 e. The highest BCUT2D eigenvalue weighted by Gasteiger charge is 2.38. The quantitative estimate of drug-likeness (QED) is 0.347. The molecule has 78 valence electrons. The number of rotatable bonds is 0. The van der Waals surface area contributed by atoms with Crippen LogP contribution in [-0.4, -0.2) is 35.5 Å². The number of hydrogen-bond acceptors (Lipinski definition) is 4. The van der Waals surface area contributed by atoms with Crippen LogP contribution in [0.2, 0.25) is 0 Å². The van der Waals surface area contributed by atoms with Crippen LogP contribution in [0.1, 0.15) is 19.8 Å². The van der Waals surface area contributed by atoms with Crippen molar-refractivity contribution in [2.75, 3.05) is 0 Å². The smallest absolute Gasteiger partial charge is 0.309 e. The highest BCUT2D eigenvalue weighted by Crippen LogP contribution is 2.29. The van der Waals surface area contributed by atoms with E-state index in [4.69, 9.17) is 9.47 Å². The molecule has 0 aromatic rings. The summed E-state index contributed by atoms with van der Waals surface area (Å²) in [5.41, 5.74) is 0. The number of aliphatic hydroxyl groups excluding tert-OH is 1. The van der Waals surface area contributed by atoms with Crippen LogP contribution in [0.15, 0.2) is 12.2 Å². The second-order valence-electron chi connectivity index (χ2n) is 3.83. The summed E-state index contributed by atoms with van der Waals surface area (Å²) < 4.78 is 10.4. The van der Waals surface area contributed by atoms with Gasteiger partial charge in [0, 0.05) is 6.42 Å². The first-order valence-corrected chi connectivity index (χ1v) is 4.86. The van der Waals surface area contributed by atoms with Crippen molar-refractivity contribution in [3.05, 3.63) is 12.2 Å². The summed E-state index contributed by atoms with van der Waals surface area (Å²) in [6.45, 7) is 1.84. The number of carbonyl (C=O) groups is 1. The molecule has 14 heavy (non-hydrogen) atoms. The minimum Gasteiger partial charge on any atom is -0.462 e. The van der Waals surface area contributed by atoms with E-state index in [0.717, 1.165) is 6.42 Å². The zero-order valence-corrected chi connectivity index (χ0v) is 8.05. The van der Waals surface area contributed by atoms with Gasteiger partial charge in [-0.1, -0.05) is 12.2 Å². The van der Waals surface area contributed by atoms with Gasteiger partial charge in [-0.3, -0.25) is 4.79 Å². The molecule has 0 spiro atoms. The zero-order valence-electron chi connectivity index (χ0n) is 8.05.